The van der Waals surface area contributed by atoms with Crippen LogP contribution in [-0.4, -0.2) is 27.2 Å². The fourth-order valence-corrected chi connectivity index (χ4v) is 4.32. The number of furan rings is 1. The molecular formula is C22H22N4O3. The Kier molecular flexibility index (Phi) is 4.23. The number of carbonyl (C=O) groups is 1. The van der Waals surface area contributed by atoms with Crippen LogP contribution >= 0.6 is 0 Å². The van der Waals surface area contributed by atoms with E-state index in [0.29, 0.717) is 31.2 Å². The number of hydrogen-bond acceptors (Lipinski definition) is 6. The summed E-state index contributed by atoms with van der Waals surface area (Å²) in [5.41, 5.74) is 2.54. The number of Topliss-reactive ketones (excluding diaryl/α,β-unsaturated/α-hetero) is 1. The predicted molar refractivity (Wildman–Crippen MR) is 107 cm³/mol. The molecule has 2 aliphatic rings. The minimum absolute atomic E-state index is 0.0158. The summed E-state index contributed by atoms with van der Waals surface area (Å²) in [7, 11) is 0. The molecule has 148 valence electrons. The topological polar surface area (TPSA) is 82.2 Å². The normalized spacial score (nSPS) is 20.8. The Morgan fingerprint density at radius 3 is 2.90 bits per heavy atom. The molecule has 7 heteroatoms. The minimum atomic E-state index is -0.366. The third kappa shape index (κ3) is 2.93. The average Bonchev–Trinajstić information content (AvgIpc) is 3.36. The molecule has 1 aliphatic heterocycles. The number of aryl methyl sites for hydroxylation is 1. The smallest absolute Gasteiger partial charge is 0.226 e. The molecule has 0 radical (unpaired) electrons. The van der Waals surface area contributed by atoms with E-state index < -0.39 is 0 Å². The van der Waals surface area contributed by atoms with Crippen LogP contribution in [-0.2, 0) is 4.79 Å². The first kappa shape index (κ1) is 17.7. The Morgan fingerprint density at radius 1 is 1.24 bits per heavy atom. The van der Waals surface area contributed by atoms with E-state index >= 15 is 0 Å². The largest absolute Gasteiger partial charge is 0.494 e. The van der Waals surface area contributed by atoms with Crippen molar-refractivity contribution in [1.29, 1.82) is 0 Å². The molecule has 1 aliphatic carbocycles. The fourth-order valence-electron chi connectivity index (χ4n) is 4.32. The lowest BCUT2D eigenvalue weighted by Crippen LogP contribution is -2.33. The Balaban J connectivity index is 1.65. The second-order valence-electron chi connectivity index (χ2n) is 7.36. The first-order valence-electron chi connectivity index (χ1n) is 9.87. The summed E-state index contributed by atoms with van der Waals surface area (Å²) in [5.74, 6) is 3.00. The molecule has 0 saturated heterocycles. The third-order valence-corrected chi connectivity index (χ3v) is 5.48. The van der Waals surface area contributed by atoms with E-state index in [0.717, 1.165) is 28.3 Å². The van der Waals surface area contributed by atoms with E-state index in [2.05, 4.69) is 15.4 Å². The summed E-state index contributed by atoms with van der Waals surface area (Å²) < 4.78 is 13.3. The van der Waals surface area contributed by atoms with E-state index in [4.69, 9.17) is 9.15 Å². The number of nitrogens with zero attached hydrogens (tertiary/aromatic N) is 3. The van der Waals surface area contributed by atoms with Crippen LogP contribution in [0.2, 0.25) is 0 Å². The number of anilines is 1. The van der Waals surface area contributed by atoms with E-state index in [1.54, 1.807) is 10.9 Å². The van der Waals surface area contributed by atoms with Gasteiger partial charge in [-0.2, -0.15) is 10.1 Å². The van der Waals surface area contributed by atoms with Gasteiger partial charge in [-0.05, 0) is 38.5 Å². The van der Waals surface area contributed by atoms with Gasteiger partial charge in [0.15, 0.2) is 5.78 Å². The maximum absolute atomic E-state index is 13.4. The quantitative estimate of drug-likeness (QED) is 0.725. The van der Waals surface area contributed by atoms with E-state index in [1.165, 1.54) is 0 Å². The molecule has 0 saturated carbocycles. The first-order chi connectivity index (χ1) is 14.2. The lowest BCUT2D eigenvalue weighted by Gasteiger charge is -2.35. The molecule has 0 bridgehead atoms. The number of rotatable bonds is 4. The molecule has 5 rings (SSSR count). The van der Waals surface area contributed by atoms with Gasteiger partial charge in [-0.1, -0.05) is 18.2 Å². The maximum atomic E-state index is 13.4. The lowest BCUT2D eigenvalue weighted by atomic mass is 9.79. The van der Waals surface area contributed by atoms with Crippen LogP contribution in [0.1, 0.15) is 48.9 Å². The number of ketones is 1. The van der Waals surface area contributed by atoms with Crippen LogP contribution in [0.25, 0.3) is 0 Å². The third-order valence-electron chi connectivity index (χ3n) is 5.48. The zero-order valence-corrected chi connectivity index (χ0v) is 16.4. The number of fused-ring (bicyclic) bond motifs is 1. The van der Waals surface area contributed by atoms with Crippen LogP contribution < -0.4 is 10.1 Å². The summed E-state index contributed by atoms with van der Waals surface area (Å²) >= 11 is 0. The van der Waals surface area contributed by atoms with Gasteiger partial charge in [0.05, 0.1) is 12.9 Å². The fraction of sp³-hybridized carbons (Fsp3) is 0.318. The number of ether oxygens (including phenoxy) is 1. The number of nitrogens with one attached hydrogen (secondary N) is 1. The van der Waals surface area contributed by atoms with Crippen molar-refractivity contribution in [3.8, 4) is 5.75 Å². The van der Waals surface area contributed by atoms with Crippen LogP contribution in [0.3, 0.4) is 0 Å². The summed E-state index contributed by atoms with van der Waals surface area (Å²) in [6, 6.07) is 11.3. The molecule has 7 nitrogen and oxygen atoms in total. The van der Waals surface area contributed by atoms with Crippen molar-refractivity contribution < 1.29 is 13.9 Å². The molecule has 29 heavy (non-hydrogen) atoms. The van der Waals surface area contributed by atoms with Crippen molar-refractivity contribution in [1.82, 2.24) is 14.8 Å². The van der Waals surface area contributed by atoms with Gasteiger partial charge in [-0.25, -0.2) is 4.68 Å². The number of para-hydroxylation sites is 1. The molecule has 0 spiro atoms. The van der Waals surface area contributed by atoms with Gasteiger partial charge >= 0.3 is 0 Å². The average molecular weight is 390 g/mol. The zero-order valence-electron chi connectivity index (χ0n) is 16.4. The van der Waals surface area contributed by atoms with Crippen LogP contribution in [0, 0.1) is 6.92 Å². The van der Waals surface area contributed by atoms with E-state index in [-0.39, 0.29) is 17.7 Å². The highest BCUT2D eigenvalue weighted by Gasteiger charge is 2.41. The van der Waals surface area contributed by atoms with Crippen LogP contribution in [0.4, 0.5) is 5.95 Å². The number of allylic oxidation sites excluding steroid dienone is 2. The molecule has 1 N–H and O–H groups in total. The predicted octanol–water partition coefficient (Wildman–Crippen LogP) is 3.99. The molecule has 2 aromatic heterocycles. The van der Waals surface area contributed by atoms with Crippen molar-refractivity contribution in [3.05, 3.63) is 71.1 Å². The van der Waals surface area contributed by atoms with Gasteiger partial charge < -0.3 is 14.5 Å². The highest BCUT2D eigenvalue weighted by atomic mass is 16.5. The van der Waals surface area contributed by atoms with Crippen LogP contribution in [0.5, 0.6) is 5.75 Å². The van der Waals surface area contributed by atoms with Crippen molar-refractivity contribution in [2.75, 3.05) is 11.9 Å². The molecule has 0 fully saturated rings. The number of benzene rings is 1. The first-order valence-corrected chi connectivity index (χ1v) is 9.87. The van der Waals surface area contributed by atoms with Gasteiger partial charge in [0.1, 0.15) is 23.4 Å². The molecule has 1 aromatic carbocycles. The monoisotopic (exact) mass is 390 g/mol. The number of carbonyl (C=O) groups excluding carboxylic acids is 1. The van der Waals surface area contributed by atoms with Gasteiger partial charge in [-0.15, -0.1) is 0 Å². The second kappa shape index (κ2) is 6.92. The SMILES string of the molecule is CCOc1ccccc1[C@H]1C2=C(C[C@H](c3ccco3)CC2=O)Nc2nc(C)nn21. The summed E-state index contributed by atoms with van der Waals surface area (Å²) in [6.07, 6.45) is 2.75. The van der Waals surface area contributed by atoms with Crippen LogP contribution in [0.15, 0.2) is 58.3 Å². The second-order valence-corrected chi connectivity index (χ2v) is 7.36. The summed E-state index contributed by atoms with van der Waals surface area (Å²) in [4.78, 5) is 17.9. The summed E-state index contributed by atoms with van der Waals surface area (Å²) in [6.45, 7) is 4.35. The van der Waals surface area contributed by atoms with Gasteiger partial charge in [0, 0.05) is 29.2 Å². The number of hydrogen-bond donors (Lipinski definition) is 1. The molecule has 0 amide bonds. The molecular weight excluding hydrogens is 368 g/mol. The van der Waals surface area contributed by atoms with Crippen molar-refractivity contribution >= 4 is 11.7 Å². The molecule has 2 atom stereocenters. The maximum Gasteiger partial charge on any atom is 0.226 e. The number of aromatic nitrogens is 3. The van der Waals surface area contributed by atoms with Gasteiger partial charge in [0.2, 0.25) is 5.95 Å². The van der Waals surface area contributed by atoms with Gasteiger partial charge in [0.25, 0.3) is 0 Å². The summed E-state index contributed by atoms with van der Waals surface area (Å²) in [5, 5.41) is 7.95. The molecule has 3 heterocycles. The molecule has 0 unspecified atom stereocenters. The Labute approximate surface area is 168 Å². The minimum Gasteiger partial charge on any atom is -0.494 e. The van der Waals surface area contributed by atoms with E-state index in [9.17, 15) is 4.79 Å². The Morgan fingerprint density at radius 2 is 2.10 bits per heavy atom. The van der Waals surface area contributed by atoms with Crippen molar-refractivity contribution in [3.63, 3.8) is 0 Å². The zero-order chi connectivity index (χ0) is 20.0. The van der Waals surface area contributed by atoms with Crippen molar-refractivity contribution in [2.45, 2.75) is 38.6 Å². The molecule has 3 aromatic rings. The standard InChI is InChI=1S/C22H22N4O3/c1-3-28-19-8-5-4-7-15(19)21-20-16(24-22-23-13(2)25-26(21)22)11-14(12-17(20)27)18-9-6-10-29-18/h4-10,14,21H,3,11-12H2,1-2H3,(H,23,24,25)/t14-,21-/m0/s1. The van der Waals surface area contributed by atoms with E-state index in [1.807, 2.05) is 50.2 Å². The van der Waals surface area contributed by atoms with Gasteiger partial charge in [-0.3, -0.25) is 4.79 Å². The highest BCUT2D eigenvalue weighted by Crippen LogP contribution is 2.45. The lowest BCUT2D eigenvalue weighted by molar-refractivity contribution is -0.117. The Hall–Kier alpha value is -3.35. The Bertz CT molecular complexity index is 1100. The van der Waals surface area contributed by atoms with Crippen molar-refractivity contribution in [2.24, 2.45) is 0 Å². The highest BCUT2D eigenvalue weighted by molar-refractivity contribution is 6.00.